The molecule has 0 spiro atoms. The summed E-state index contributed by atoms with van der Waals surface area (Å²) in [7, 11) is 0. The summed E-state index contributed by atoms with van der Waals surface area (Å²) in [5.41, 5.74) is 9.11. The van der Waals surface area contributed by atoms with E-state index in [4.69, 9.17) is 10.5 Å². The third-order valence-electron chi connectivity index (χ3n) is 7.15. The number of carbonyl (C=O) groups excluding carboxylic acids is 1. The molecule has 2 aliphatic rings. The van der Waals surface area contributed by atoms with Gasteiger partial charge in [-0.05, 0) is 80.7 Å². The molecule has 0 atom stereocenters. The maximum atomic E-state index is 13.6. The molecular formula is C28H30BrFN4O2. The Morgan fingerprint density at radius 2 is 1.75 bits per heavy atom. The summed E-state index contributed by atoms with van der Waals surface area (Å²) in [4.78, 5) is 21.9. The zero-order valence-electron chi connectivity index (χ0n) is 20.1. The molecule has 0 aliphatic carbocycles. The normalized spacial score (nSPS) is 16.9. The van der Waals surface area contributed by atoms with Gasteiger partial charge in [0, 0.05) is 46.5 Å². The van der Waals surface area contributed by atoms with Crippen LogP contribution in [-0.4, -0.2) is 52.9 Å². The highest BCUT2D eigenvalue weighted by molar-refractivity contribution is 9.10. The lowest BCUT2D eigenvalue weighted by atomic mass is 10.0. The molecule has 2 aromatic carbocycles. The molecule has 1 amide bonds. The van der Waals surface area contributed by atoms with Crippen LogP contribution in [0.25, 0.3) is 11.1 Å². The van der Waals surface area contributed by atoms with E-state index in [0.29, 0.717) is 22.9 Å². The lowest BCUT2D eigenvalue weighted by molar-refractivity contribution is 0.0644. The van der Waals surface area contributed by atoms with Crippen molar-refractivity contribution in [2.45, 2.75) is 38.3 Å². The summed E-state index contributed by atoms with van der Waals surface area (Å²) in [6, 6.07) is 14.5. The van der Waals surface area contributed by atoms with Crippen LogP contribution in [-0.2, 0) is 6.61 Å². The fourth-order valence-corrected chi connectivity index (χ4v) is 5.43. The lowest BCUT2D eigenvalue weighted by Gasteiger charge is -2.36. The van der Waals surface area contributed by atoms with Gasteiger partial charge in [0.05, 0.1) is 0 Å². The highest BCUT2D eigenvalue weighted by atomic mass is 79.9. The first-order valence-electron chi connectivity index (χ1n) is 12.4. The van der Waals surface area contributed by atoms with Crippen LogP contribution in [0.2, 0.25) is 0 Å². The molecule has 0 bridgehead atoms. The van der Waals surface area contributed by atoms with Gasteiger partial charge in [-0.15, -0.1) is 0 Å². The number of pyridine rings is 1. The van der Waals surface area contributed by atoms with E-state index in [1.165, 1.54) is 38.1 Å². The lowest BCUT2D eigenvalue weighted by Crippen LogP contribution is -2.45. The fraction of sp³-hybridized carbons (Fsp3) is 0.357. The topological polar surface area (TPSA) is 71.7 Å². The van der Waals surface area contributed by atoms with Crippen molar-refractivity contribution < 1.29 is 13.9 Å². The number of benzene rings is 2. The number of nitrogens with two attached hydrogens (primary N) is 1. The number of piperidine rings is 1. The molecule has 6 nitrogen and oxygen atoms in total. The molecule has 0 radical (unpaired) electrons. The van der Waals surface area contributed by atoms with E-state index >= 15 is 0 Å². The van der Waals surface area contributed by atoms with E-state index in [2.05, 4.69) is 25.8 Å². The Labute approximate surface area is 219 Å². The van der Waals surface area contributed by atoms with Crippen molar-refractivity contribution in [1.82, 2.24) is 14.8 Å². The molecule has 188 valence electrons. The Morgan fingerprint density at radius 1 is 1.03 bits per heavy atom. The number of nitrogen functional groups attached to an aromatic ring is 1. The molecule has 36 heavy (non-hydrogen) atoms. The molecule has 5 rings (SSSR count). The second-order valence-corrected chi connectivity index (χ2v) is 10.3. The summed E-state index contributed by atoms with van der Waals surface area (Å²) in [6.07, 6.45) is 6.38. The smallest absolute Gasteiger partial charge is 0.253 e. The standard InChI is InChI=1S/C28H30BrFN4O2/c29-25-8-7-23(30)15-22(25)18-36-26-16-21(17-32-27(26)31)19-3-5-20(6-4-19)28(35)34-13-9-24(10-14-34)33-11-1-2-12-33/h3-8,15-17,24H,1-2,9-14,18H2,(H2,31,32). The van der Waals surface area contributed by atoms with E-state index < -0.39 is 0 Å². The predicted molar refractivity (Wildman–Crippen MR) is 142 cm³/mol. The number of ether oxygens (including phenoxy) is 1. The van der Waals surface area contributed by atoms with Crippen LogP contribution < -0.4 is 10.5 Å². The number of aromatic nitrogens is 1. The third kappa shape index (κ3) is 5.55. The van der Waals surface area contributed by atoms with Gasteiger partial charge in [0.2, 0.25) is 0 Å². The number of anilines is 1. The number of halogens is 2. The third-order valence-corrected chi connectivity index (χ3v) is 7.92. The minimum atomic E-state index is -0.331. The molecule has 0 saturated carbocycles. The van der Waals surface area contributed by atoms with Crippen molar-refractivity contribution in [3.63, 3.8) is 0 Å². The van der Waals surface area contributed by atoms with Gasteiger partial charge in [0.25, 0.3) is 5.91 Å². The quantitative estimate of drug-likeness (QED) is 0.436. The van der Waals surface area contributed by atoms with Crippen LogP contribution in [0.1, 0.15) is 41.6 Å². The van der Waals surface area contributed by atoms with Gasteiger partial charge >= 0.3 is 0 Å². The van der Waals surface area contributed by atoms with Crippen molar-refractivity contribution in [1.29, 1.82) is 0 Å². The monoisotopic (exact) mass is 552 g/mol. The van der Waals surface area contributed by atoms with Gasteiger partial charge in [0.1, 0.15) is 12.4 Å². The van der Waals surface area contributed by atoms with Gasteiger partial charge in [-0.3, -0.25) is 4.79 Å². The first kappa shape index (κ1) is 24.7. The molecule has 8 heteroatoms. The number of carbonyl (C=O) groups is 1. The van der Waals surface area contributed by atoms with Crippen LogP contribution in [0.15, 0.2) is 59.2 Å². The molecule has 2 saturated heterocycles. The maximum Gasteiger partial charge on any atom is 0.253 e. The molecule has 3 aromatic rings. The second-order valence-electron chi connectivity index (χ2n) is 9.48. The first-order chi connectivity index (χ1) is 17.5. The van der Waals surface area contributed by atoms with Gasteiger partial charge in [-0.2, -0.15) is 0 Å². The number of nitrogens with zero attached hydrogens (tertiary/aromatic N) is 3. The molecule has 0 unspecified atom stereocenters. The Hall–Kier alpha value is -2.97. The SMILES string of the molecule is Nc1ncc(-c2ccc(C(=O)N3CCC(N4CCCC4)CC3)cc2)cc1OCc1cc(F)ccc1Br. The minimum Gasteiger partial charge on any atom is -0.485 e. The molecular weight excluding hydrogens is 523 g/mol. The van der Waals surface area contributed by atoms with Crippen LogP contribution in [0.4, 0.5) is 10.2 Å². The van der Waals surface area contributed by atoms with Crippen molar-refractivity contribution in [3.05, 3.63) is 76.1 Å². The zero-order valence-corrected chi connectivity index (χ0v) is 21.7. The van der Waals surface area contributed by atoms with Crippen molar-refractivity contribution in [2.24, 2.45) is 0 Å². The summed E-state index contributed by atoms with van der Waals surface area (Å²) < 4.78 is 20.2. The average molecular weight is 553 g/mol. The van der Waals surface area contributed by atoms with E-state index in [-0.39, 0.29) is 24.1 Å². The van der Waals surface area contributed by atoms with Crippen LogP contribution in [0, 0.1) is 5.82 Å². The summed E-state index contributed by atoms with van der Waals surface area (Å²) in [5, 5.41) is 0. The van der Waals surface area contributed by atoms with Crippen molar-refractivity contribution >= 4 is 27.7 Å². The molecule has 2 aliphatic heterocycles. The predicted octanol–water partition coefficient (Wildman–Crippen LogP) is 5.51. The summed E-state index contributed by atoms with van der Waals surface area (Å²) >= 11 is 3.41. The van der Waals surface area contributed by atoms with Crippen molar-refractivity contribution in [2.75, 3.05) is 31.9 Å². The van der Waals surface area contributed by atoms with E-state index in [1.54, 1.807) is 12.3 Å². The first-order valence-corrected chi connectivity index (χ1v) is 13.2. The number of amides is 1. The number of hydrogen-bond donors (Lipinski definition) is 1. The van der Waals surface area contributed by atoms with Crippen LogP contribution in [0.3, 0.4) is 0 Å². The number of likely N-dealkylation sites (tertiary alicyclic amines) is 2. The molecule has 3 heterocycles. The largest absolute Gasteiger partial charge is 0.485 e. The zero-order chi connectivity index (χ0) is 25.1. The molecule has 2 fully saturated rings. The Kier molecular flexibility index (Phi) is 7.53. The van der Waals surface area contributed by atoms with Crippen LogP contribution >= 0.6 is 15.9 Å². The molecule has 2 N–H and O–H groups in total. The number of hydrogen-bond acceptors (Lipinski definition) is 5. The highest BCUT2D eigenvalue weighted by Gasteiger charge is 2.28. The second kappa shape index (κ2) is 11.0. The fourth-order valence-electron chi connectivity index (χ4n) is 5.07. The summed E-state index contributed by atoms with van der Waals surface area (Å²) in [6.45, 7) is 4.18. The van der Waals surface area contributed by atoms with Gasteiger partial charge in [-0.25, -0.2) is 9.37 Å². The van der Waals surface area contributed by atoms with Crippen LogP contribution in [0.5, 0.6) is 5.75 Å². The Balaban J connectivity index is 1.23. The van der Waals surface area contributed by atoms with Crippen molar-refractivity contribution in [3.8, 4) is 16.9 Å². The van der Waals surface area contributed by atoms with E-state index in [1.807, 2.05) is 35.2 Å². The maximum absolute atomic E-state index is 13.6. The van der Waals surface area contributed by atoms with Gasteiger partial charge in [-0.1, -0.05) is 28.1 Å². The number of rotatable bonds is 6. The minimum absolute atomic E-state index is 0.0848. The van der Waals surface area contributed by atoms with Gasteiger partial charge in [0.15, 0.2) is 11.6 Å². The van der Waals surface area contributed by atoms with E-state index in [0.717, 1.165) is 41.5 Å². The Morgan fingerprint density at radius 3 is 2.47 bits per heavy atom. The Bertz CT molecular complexity index is 1220. The summed E-state index contributed by atoms with van der Waals surface area (Å²) in [5.74, 6) is 0.434. The molecule has 1 aromatic heterocycles. The van der Waals surface area contributed by atoms with Gasteiger partial charge < -0.3 is 20.3 Å². The van der Waals surface area contributed by atoms with E-state index in [9.17, 15) is 9.18 Å². The average Bonchev–Trinajstić information content (AvgIpc) is 3.45. The highest BCUT2D eigenvalue weighted by Crippen LogP contribution is 2.29.